The normalized spacial score (nSPS) is 13.5. The summed E-state index contributed by atoms with van der Waals surface area (Å²) in [6.07, 6.45) is 2.19. The van der Waals surface area contributed by atoms with Gasteiger partial charge in [-0.3, -0.25) is 0 Å². The molecule has 0 N–H and O–H groups in total. The van der Waals surface area contributed by atoms with Crippen molar-refractivity contribution in [2.45, 2.75) is 24.7 Å². The van der Waals surface area contributed by atoms with E-state index < -0.39 is 0 Å². The molecule has 0 fully saturated rings. The Kier molecular flexibility index (Phi) is 6.50. The number of hydrogen-bond donors (Lipinski definition) is 0. The summed E-state index contributed by atoms with van der Waals surface area (Å²) >= 11 is 7.51. The summed E-state index contributed by atoms with van der Waals surface area (Å²) in [7, 11) is 0. The van der Waals surface area contributed by atoms with Crippen molar-refractivity contribution in [1.29, 1.82) is 0 Å². The van der Waals surface area contributed by atoms with Gasteiger partial charge in [0.05, 0.1) is 0 Å². The first-order valence-electron chi connectivity index (χ1n) is 14.6. The van der Waals surface area contributed by atoms with Crippen LogP contribution >= 0.6 is 31.9 Å². The number of halogens is 2. The van der Waals surface area contributed by atoms with E-state index in [2.05, 4.69) is 165 Å². The Balaban J connectivity index is 1.21. The van der Waals surface area contributed by atoms with Crippen molar-refractivity contribution in [3.05, 3.63) is 165 Å². The van der Waals surface area contributed by atoms with Crippen LogP contribution in [0, 0.1) is 0 Å². The lowest BCUT2D eigenvalue weighted by atomic mass is 9.84. The molecule has 42 heavy (non-hydrogen) atoms. The van der Waals surface area contributed by atoms with Crippen molar-refractivity contribution >= 4 is 31.9 Å². The lowest BCUT2D eigenvalue weighted by molar-refractivity contribution is 0.626. The second-order valence-electron chi connectivity index (χ2n) is 11.5. The molecule has 0 unspecified atom stereocenters. The van der Waals surface area contributed by atoms with Gasteiger partial charge >= 0.3 is 0 Å². The molecule has 0 bridgehead atoms. The van der Waals surface area contributed by atoms with Crippen LogP contribution in [0.5, 0.6) is 0 Å². The zero-order chi connectivity index (χ0) is 28.2. The van der Waals surface area contributed by atoms with Gasteiger partial charge in [0, 0.05) is 20.8 Å². The fourth-order valence-electron chi connectivity index (χ4n) is 7.23. The highest BCUT2D eigenvalue weighted by Crippen LogP contribution is 2.53. The van der Waals surface area contributed by atoms with Crippen molar-refractivity contribution in [3.63, 3.8) is 0 Å². The van der Waals surface area contributed by atoms with Crippen LogP contribution < -0.4 is 0 Å². The molecule has 0 nitrogen and oxygen atoms in total. The van der Waals surface area contributed by atoms with Crippen LogP contribution in [-0.4, -0.2) is 0 Å². The van der Waals surface area contributed by atoms with Crippen LogP contribution in [0.1, 0.15) is 46.9 Å². The van der Waals surface area contributed by atoms with E-state index in [0.717, 1.165) is 21.8 Å². The van der Waals surface area contributed by atoms with Crippen molar-refractivity contribution in [2.75, 3.05) is 0 Å². The lowest BCUT2D eigenvalue weighted by Gasteiger charge is -2.19. The molecule has 2 heteroatoms. The molecule has 8 rings (SSSR count). The van der Waals surface area contributed by atoms with Gasteiger partial charge in [0.25, 0.3) is 0 Å². The van der Waals surface area contributed by atoms with E-state index in [0.29, 0.717) is 11.8 Å². The molecular formula is C40H28Br2. The largest absolute Gasteiger partial charge is 0.0622 e. The summed E-state index contributed by atoms with van der Waals surface area (Å²) in [6.45, 7) is 0. The third-order valence-corrected chi connectivity index (χ3v) is 10.2. The van der Waals surface area contributed by atoms with Gasteiger partial charge in [-0.2, -0.15) is 0 Å². The molecular weight excluding hydrogens is 640 g/mol. The van der Waals surface area contributed by atoms with Gasteiger partial charge in [-0.05, 0) is 116 Å². The summed E-state index contributed by atoms with van der Waals surface area (Å²) in [6, 6.07) is 49.4. The van der Waals surface area contributed by atoms with Crippen molar-refractivity contribution in [3.8, 4) is 44.5 Å². The SMILES string of the molecule is Brc1ccc2c(c1)C(CCC1c3ccc(-c4ccccc4)cc3-c3cc(-c4ccccc4)ccc31)c1cc(Br)ccc1-2. The molecule has 0 heterocycles. The second-order valence-corrected chi connectivity index (χ2v) is 13.3. The average molecular weight is 668 g/mol. The van der Waals surface area contributed by atoms with Crippen molar-refractivity contribution in [2.24, 2.45) is 0 Å². The van der Waals surface area contributed by atoms with E-state index >= 15 is 0 Å². The van der Waals surface area contributed by atoms with Crippen LogP contribution in [0.2, 0.25) is 0 Å². The van der Waals surface area contributed by atoms with Crippen LogP contribution in [0.3, 0.4) is 0 Å². The molecule has 0 spiro atoms. The van der Waals surface area contributed by atoms with Crippen LogP contribution in [0.4, 0.5) is 0 Å². The first-order valence-corrected chi connectivity index (χ1v) is 16.2. The predicted octanol–water partition coefficient (Wildman–Crippen LogP) is 12.3. The molecule has 6 aromatic rings. The maximum Gasteiger partial charge on any atom is 0.0178 e. The van der Waals surface area contributed by atoms with Crippen LogP contribution in [0.25, 0.3) is 44.5 Å². The summed E-state index contributed by atoms with van der Waals surface area (Å²) in [4.78, 5) is 0. The number of rotatable bonds is 5. The summed E-state index contributed by atoms with van der Waals surface area (Å²) in [5.41, 5.74) is 16.4. The van der Waals surface area contributed by atoms with Gasteiger partial charge in [0.1, 0.15) is 0 Å². The number of hydrogen-bond acceptors (Lipinski definition) is 0. The molecule has 202 valence electrons. The maximum absolute atomic E-state index is 3.75. The fourth-order valence-corrected chi connectivity index (χ4v) is 7.99. The van der Waals surface area contributed by atoms with Gasteiger partial charge in [-0.15, -0.1) is 0 Å². The molecule has 0 aliphatic heterocycles. The smallest absolute Gasteiger partial charge is 0.0178 e. The summed E-state index contributed by atoms with van der Waals surface area (Å²) < 4.78 is 2.30. The Morgan fingerprint density at radius 3 is 1.24 bits per heavy atom. The van der Waals surface area contributed by atoms with Gasteiger partial charge in [-0.1, -0.05) is 129 Å². The van der Waals surface area contributed by atoms with Gasteiger partial charge in [0.2, 0.25) is 0 Å². The molecule has 0 aromatic heterocycles. The third kappa shape index (κ3) is 4.40. The van der Waals surface area contributed by atoms with Gasteiger partial charge in [0.15, 0.2) is 0 Å². The Labute approximate surface area is 264 Å². The molecule has 0 saturated carbocycles. The zero-order valence-electron chi connectivity index (χ0n) is 23.0. The highest BCUT2D eigenvalue weighted by Gasteiger charge is 2.33. The predicted molar refractivity (Wildman–Crippen MR) is 183 cm³/mol. The minimum absolute atomic E-state index is 0.372. The molecule has 0 amide bonds. The third-order valence-electron chi connectivity index (χ3n) is 9.17. The topological polar surface area (TPSA) is 0 Å². The fraction of sp³-hybridized carbons (Fsp3) is 0.100. The molecule has 2 aliphatic carbocycles. The Morgan fingerprint density at radius 2 is 0.786 bits per heavy atom. The molecule has 0 atom stereocenters. The van der Waals surface area contributed by atoms with E-state index in [1.165, 1.54) is 66.8 Å². The van der Waals surface area contributed by atoms with E-state index in [1.807, 2.05) is 0 Å². The minimum atomic E-state index is 0.372. The van der Waals surface area contributed by atoms with Gasteiger partial charge in [-0.25, -0.2) is 0 Å². The monoisotopic (exact) mass is 666 g/mol. The van der Waals surface area contributed by atoms with Crippen molar-refractivity contribution < 1.29 is 0 Å². The van der Waals surface area contributed by atoms with Crippen LogP contribution in [0.15, 0.2) is 142 Å². The van der Waals surface area contributed by atoms with Crippen LogP contribution in [-0.2, 0) is 0 Å². The quantitative estimate of drug-likeness (QED) is 0.172. The zero-order valence-corrected chi connectivity index (χ0v) is 26.2. The minimum Gasteiger partial charge on any atom is -0.0622 e. The van der Waals surface area contributed by atoms with Crippen molar-refractivity contribution in [1.82, 2.24) is 0 Å². The maximum atomic E-state index is 3.75. The van der Waals surface area contributed by atoms with E-state index in [9.17, 15) is 0 Å². The molecule has 0 saturated heterocycles. The molecule has 0 radical (unpaired) electrons. The summed E-state index contributed by atoms with van der Waals surface area (Å²) in [5, 5.41) is 0. The molecule has 2 aliphatic rings. The standard InChI is InChI=1S/C40H28Br2/c41-29-13-17-34-35-18-14-30(42)24-40(35)36(39(34)23-29)20-19-31-32-15-11-27(25-7-3-1-4-8-25)21-37(32)38-22-28(12-16-33(31)38)26-9-5-2-6-10-26/h1-18,21-24,31,36H,19-20H2. The highest BCUT2D eigenvalue weighted by atomic mass is 79.9. The summed E-state index contributed by atoms with van der Waals surface area (Å²) in [5.74, 6) is 0.751. The van der Waals surface area contributed by atoms with E-state index in [1.54, 1.807) is 0 Å². The first-order chi connectivity index (χ1) is 20.6. The average Bonchev–Trinajstić information content (AvgIpc) is 3.51. The first kappa shape index (κ1) is 25.9. The lowest BCUT2D eigenvalue weighted by Crippen LogP contribution is -2.03. The molecule has 6 aromatic carbocycles. The number of benzene rings is 6. The Morgan fingerprint density at radius 1 is 0.357 bits per heavy atom. The Bertz CT molecular complexity index is 1820. The van der Waals surface area contributed by atoms with E-state index in [-0.39, 0.29) is 0 Å². The van der Waals surface area contributed by atoms with E-state index in [4.69, 9.17) is 0 Å². The Hall–Kier alpha value is -3.72. The second kappa shape index (κ2) is 10.5. The number of fused-ring (bicyclic) bond motifs is 6. The van der Waals surface area contributed by atoms with Gasteiger partial charge < -0.3 is 0 Å². The highest BCUT2D eigenvalue weighted by molar-refractivity contribution is 9.10.